The summed E-state index contributed by atoms with van der Waals surface area (Å²) in [6.07, 6.45) is 0. The van der Waals surface area contributed by atoms with E-state index in [0.29, 0.717) is 16.7 Å². The third-order valence-corrected chi connectivity index (χ3v) is 3.86. The fraction of sp³-hybridized carbons (Fsp3) is 0.0769. The van der Waals surface area contributed by atoms with Crippen molar-refractivity contribution in [2.75, 3.05) is 0 Å². The Labute approximate surface area is 112 Å². The first kappa shape index (κ1) is 11.6. The van der Waals surface area contributed by atoms with E-state index in [4.69, 9.17) is 11.6 Å². The number of hydrogen-bond acceptors (Lipinski definition) is 3. The monoisotopic (exact) mass is 278 g/mol. The van der Waals surface area contributed by atoms with Crippen molar-refractivity contribution in [3.63, 3.8) is 0 Å². The summed E-state index contributed by atoms with van der Waals surface area (Å²) in [5, 5.41) is 0.814. The maximum atomic E-state index is 13.1. The van der Waals surface area contributed by atoms with Gasteiger partial charge in [0.2, 0.25) is 0 Å². The Morgan fingerprint density at radius 2 is 2.00 bits per heavy atom. The van der Waals surface area contributed by atoms with Gasteiger partial charge in [0.05, 0.1) is 10.4 Å². The lowest BCUT2D eigenvalue weighted by molar-refractivity contribution is 0.629. The van der Waals surface area contributed by atoms with Crippen LogP contribution >= 0.6 is 22.9 Å². The molecule has 18 heavy (non-hydrogen) atoms. The molecule has 0 saturated carbocycles. The van der Waals surface area contributed by atoms with E-state index in [1.54, 1.807) is 17.4 Å². The van der Waals surface area contributed by atoms with E-state index in [-0.39, 0.29) is 11.0 Å². The fourth-order valence-electron chi connectivity index (χ4n) is 1.73. The first-order valence-corrected chi connectivity index (χ1v) is 6.52. The van der Waals surface area contributed by atoms with Gasteiger partial charge in [-0.3, -0.25) is 0 Å². The van der Waals surface area contributed by atoms with Crippen LogP contribution in [-0.4, -0.2) is 9.97 Å². The van der Waals surface area contributed by atoms with Crippen molar-refractivity contribution in [1.82, 2.24) is 9.97 Å². The zero-order chi connectivity index (χ0) is 12.7. The minimum Gasteiger partial charge on any atom is -0.227 e. The smallest absolute Gasteiger partial charge is 0.171 e. The van der Waals surface area contributed by atoms with Crippen LogP contribution in [0.1, 0.15) is 4.88 Å². The number of halogens is 2. The van der Waals surface area contributed by atoms with Crippen molar-refractivity contribution >= 4 is 33.8 Å². The average Bonchev–Trinajstić information content (AvgIpc) is 2.77. The number of thiophene rings is 1. The van der Waals surface area contributed by atoms with Crippen LogP contribution in [0, 0.1) is 12.7 Å². The molecule has 0 spiro atoms. The molecule has 2 nitrogen and oxygen atoms in total. The van der Waals surface area contributed by atoms with Crippen LogP contribution in [0.15, 0.2) is 30.3 Å². The number of aryl methyl sites for hydroxylation is 1. The van der Waals surface area contributed by atoms with Crippen LogP contribution in [0.3, 0.4) is 0 Å². The fourth-order valence-corrected chi connectivity index (χ4v) is 2.76. The topological polar surface area (TPSA) is 25.8 Å². The molecule has 2 aromatic heterocycles. The molecule has 0 amide bonds. The van der Waals surface area contributed by atoms with Crippen LogP contribution in [0.5, 0.6) is 0 Å². The molecular weight excluding hydrogens is 271 g/mol. The summed E-state index contributed by atoms with van der Waals surface area (Å²) in [4.78, 5) is 10.8. The van der Waals surface area contributed by atoms with Gasteiger partial charge in [-0.1, -0.05) is 11.6 Å². The highest BCUT2D eigenvalue weighted by Gasteiger charge is 2.10. The third-order valence-electron chi connectivity index (χ3n) is 2.57. The standard InChI is InChI=1S/C13H8ClFN2S/c1-7-2-5-11(18-7)13-16-10-4-3-8(15)6-9(10)12(14)17-13/h2-6H,1H3. The number of nitrogens with zero attached hydrogens (tertiary/aromatic N) is 2. The molecule has 0 bridgehead atoms. The Morgan fingerprint density at radius 3 is 2.72 bits per heavy atom. The highest BCUT2D eigenvalue weighted by molar-refractivity contribution is 7.15. The zero-order valence-corrected chi connectivity index (χ0v) is 11.0. The van der Waals surface area contributed by atoms with Gasteiger partial charge in [-0.05, 0) is 37.3 Å². The zero-order valence-electron chi connectivity index (χ0n) is 9.45. The van der Waals surface area contributed by atoms with E-state index in [2.05, 4.69) is 9.97 Å². The van der Waals surface area contributed by atoms with Crippen LogP contribution in [0.2, 0.25) is 5.15 Å². The van der Waals surface area contributed by atoms with E-state index >= 15 is 0 Å². The predicted molar refractivity (Wildman–Crippen MR) is 72.6 cm³/mol. The van der Waals surface area contributed by atoms with Gasteiger partial charge in [0.1, 0.15) is 11.0 Å². The van der Waals surface area contributed by atoms with Crippen molar-refractivity contribution in [1.29, 1.82) is 0 Å². The van der Waals surface area contributed by atoms with Crippen LogP contribution in [-0.2, 0) is 0 Å². The largest absolute Gasteiger partial charge is 0.227 e. The molecule has 0 aliphatic carbocycles. The van der Waals surface area contributed by atoms with Gasteiger partial charge < -0.3 is 0 Å². The Kier molecular flexibility index (Phi) is 2.76. The molecule has 0 radical (unpaired) electrons. The molecule has 3 rings (SSSR count). The van der Waals surface area contributed by atoms with E-state index in [0.717, 1.165) is 4.88 Å². The lowest BCUT2D eigenvalue weighted by Crippen LogP contribution is -1.90. The van der Waals surface area contributed by atoms with Gasteiger partial charge in [-0.2, -0.15) is 0 Å². The van der Waals surface area contributed by atoms with E-state index in [1.807, 2.05) is 19.1 Å². The van der Waals surface area contributed by atoms with Gasteiger partial charge in [-0.15, -0.1) is 11.3 Å². The first-order chi connectivity index (χ1) is 8.63. The minimum atomic E-state index is -0.340. The maximum absolute atomic E-state index is 13.1. The molecule has 0 saturated heterocycles. The lowest BCUT2D eigenvalue weighted by Gasteiger charge is -2.02. The normalized spacial score (nSPS) is 11.1. The second-order valence-electron chi connectivity index (χ2n) is 3.91. The van der Waals surface area contributed by atoms with E-state index < -0.39 is 0 Å². The first-order valence-electron chi connectivity index (χ1n) is 5.33. The van der Waals surface area contributed by atoms with Gasteiger partial charge in [0.25, 0.3) is 0 Å². The van der Waals surface area contributed by atoms with E-state index in [1.165, 1.54) is 17.0 Å². The summed E-state index contributed by atoms with van der Waals surface area (Å²) in [5.41, 5.74) is 0.650. The molecule has 0 N–H and O–H groups in total. The van der Waals surface area contributed by atoms with Crippen LogP contribution < -0.4 is 0 Å². The molecule has 90 valence electrons. The van der Waals surface area contributed by atoms with Crippen molar-refractivity contribution in [2.45, 2.75) is 6.92 Å². The SMILES string of the molecule is Cc1ccc(-c2nc(Cl)c3cc(F)ccc3n2)s1. The maximum Gasteiger partial charge on any atom is 0.171 e. The summed E-state index contributed by atoms with van der Waals surface area (Å²) in [5.74, 6) is 0.241. The number of rotatable bonds is 1. The van der Waals surface area contributed by atoms with Crippen LogP contribution in [0.4, 0.5) is 4.39 Å². The van der Waals surface area contributed by atoms with E-state index in [9.17, 15) is 4.39 Å². The van der Waals surface area contributed by atoms with Gasteiger partial charge in [0, 0.05) is 10.3 Å². The Morgan fingerprint density at radius 1 is 1.17 bits per heavy atom. The second-order valence-corrected chi connectivity index (χ2v) is 5.56. The summed E-state index contributed by atoms with van der Waals surface area (Å²) in [6.45, 7) is 2.02. The number of aromatic nitrogens is 2. The summed E-state index contributed by atoms with van der Waals surface area (Å²) < 4.78 is 13.1. The third kappa shape index (κ3) is 1.98. The quantitative estimate of drug-likeness (QED) is 0.614. The lowest BCUT2D eigenvalue weighted by atomic mass is 10.2. The van der Waals surface area contributed by atoms with Crippen molar-refractivity contribution < 1.29 is 4.39 Å². The number of fused-ring (bicyclic) bond motifs is 1. The van der Waals surface area contributed by atoms with Gasteiger partial charge >= 0.3 is 0 Å². The number of hydrogen-bond donors (Lipinski definition) is 0. The Bertz CT molecular complexity index is 739. The molecule has 0 aliphatic rings. The van der Waals surface area contributed by atoms with Gasteiger partial charge in [0.15, 0.2) is 5.82 Å². The molecule has 0 fully saturated rings. The molecule has 1 aromatic carbocycles. The van der Waals surface area contributed by atoms with Crippen molar-refractivity contribution in [2.24, 2.45) is 0 Å². The highest BCUT2D eigenvalue weighted by atomic mass is 35.5. The molecule has 0 aliphatic heterocycles. The molecular formula is C13H8ClFN2S. The summed E-state index contributed by atoms with van der Waals surface area (Å²) >= 11 is 7.68. The molecule has 5 heteroatoms. The average molecular weight is 279 g/mol. The van der Waals surface area contributed by atoms with Crippen LogP contribution in [0.25, 0.3) is 21.6 Å². The Hall–Kier alpha value is -1.52. The molecule has 2 heterocycles. The molecule has 0 atom stereocenters. The number of benzene rings is 1. The van der Waals surface area contributed by atoms with Crippen molar-refractivity contribution in [3.05, 3.63) is 46.2 Å². The second kappa shape index (κ2) is 4.30. The molecule has 0 unspecified atom stereocenters. The highest BCUT2D eigenvalue weighted by Crippen LogP contribution is 2.29. The summed E-state index contributed by atoms with van der Waals surface area (Å²) in [6, 6.07) is 8.30. The molecule has 3 aromatic rings. The van der Waals surface area contributed by atoms with Gasteiger partial charge in [-0.25, -0.2) is 14.4 Å². The summed E-state index contributed by atoms with van der Waals surface area (Å²) in [7, 11) is 0. The van der Waals surface area contributed by atoms with Crippen molar-refractivity contribution in [3.8, 4) is 10.7 Å². The minimum absolute atomic E-state index is 0.278. The predicted octanol–water partition coefficient (Wildman–Crippen LogP) is 4.46. The Balaban J connectivity index is 2.24.